The number of halogens is 3. The second kappa shape index (κ2) is 9.27. The van der Waals surface area contributed by atoms with Crippen molar-refractivity contribution in [3.63, 3.8) is 0 Å². The minimum Gasteiger partial charge on any atom is -0.395 e. The molecule has 5 heterocycles. The van der Waals surface area contributed by atoms with Gasteiger partial charge in [0.05, 0.1) is 18.5 Å². The first kappa shape index (κ1) is 23.2. The molecule has 1 fully saturated rings. The molecule has 0 bridgehead atoms. The van der Waals surface area contributed by atoms with Gasteiger partial charge in [0.25, 0.3) is 0 Å². The summed E-state index contributed by atoms with van der Waals surface area (Å²) in [4.78, 5) is 18.2. The van der Waals surface area contributed by atoms with Crippen LogP contribution in [0.25, 0.3) is 10.2 Å². The van der Waals surface area contributed by atoms with Crippen LogP contribution in [0.15, 0.2) is 6.07 Å². The van der Waals surface area contributed by atoms with Gasteiger partial charge in [-0.05, 0) is 12.5 Å². The van der Waals surface area contributed by atoms with Crippen molar-refractivity contribution in [2.75, 3.05) is 55.7 Å². The standard InChI is InChI=1S/C21H27F3N8OS/c1-2-3-14-12-15-17(31-8-9-32-16(13-31)27-28-19(32)21(22,23)24)25-20(26-18(15)34-14)30-6-4-29(5-7-30)10-11-33/h12,33H,2-11,13H2,1H3. The van der Waals surface area contributed by atoms with E-state index in [1.165, 1.54) is 4.88 Å². The van der Waals surface area contributed by atoms with Crippen LogP contribution in [-0.2, 0) is 25.7 Å². The maximum absolute atomic E-state index is 13.3. The van der Waals surface area contributed by atoms with Gasteiger partial charge >= 0.3 is 6.18 Å². The Morgan fingerprint density at radius 3 is 2.50 bits per heavy atom. The number of alkyl halides is 3. The van der Waals surface area contributed by atoms with Crippen molar-refractivity contribution in [1.29, 1.82) is 0 Å². The van der Waals surface area contributed by atoms with Gasteiger partial charge in [0.1, 0.15) is 10.6 Å². The van der Waals surface area contributed by atoms with E-state index in [0.717, 1.165) is 59.6 Å². The molecule has 13 heteroatoms. The van der Waals surface area contributed by atoms with E-state index in [-0.39, 0.29) is 25.5 Å². The predicted octanol–water partition coefficient (Wildman–Crippen LogP) is 2.39. The zero-order valence-corrected chi connectivity index (χ0v) is 19.7. The van der Waals surface area contributed by atoms with Crippen molar-refractivity contribution in [2.24, 2.45) is 0 Å². The minimum atomic E-state index is -4.52. The van der Waals surface area contributed by atoms with Crippen molar-refractivity contribution in [3.8, 4) is 0 Å². The second-order valence-corrected chi connectivity index (χ2v) is 9.71. The maximum atomic E-state index is 13.3. The monoisotopic (exact) mass is 496 g/mol. The lowest BCUT2D eigenvalue weighted by Crippen LogP contribution is -2.47. The van der Waals surface area contributed by atoms with E-state index in [1.54, 1.807) is 11.3 Å². The first-order valence-corrected chi connectivity index (χ1v) is 12.3. The van der Waals surface area contributed by atoms with Crippen molar-refractivity contribution in [3.05, 3.63) is 22.6 Å². The third-order valence-electron chi connectivity index (χ3n) is 6.29. The fraction of sp³-hybridized carbons (Fsp3) is 0.619. The average molecular weight is 497 g/mol. The summed E-state index contributed by atoms with van der Waals surface area (Å²) in [7, 11) is 0. The molecular weight excluding hydrogens is 469 g/mol. The van der Waals surface area contributed by atoms with Crippen LogP contribution in [0.3, 0.4) is 0 Å². The van der Waals surface area contributed by atoms with Gasteiger partial charge in [-0.25, -0.2) is 4.98 Å². The quantitative estimate of drug-likeness (QED) is 0.557. The molecule has 34 heavy (non-hydrogen) atoms. The lowest BCUT2D eigenvalue weighted by atomic mass is 10.2. The normalized spacial score (nSPS) is 17.6. The third-order valence-corrected chi connectivity index (χ3v) is 7.37. The number of aliphatic hydroxyl groups excluding tert-OH is 1. The Hall–Kier alpha value is -2.51. The van der Waals surface area contributed by atoms with Crippen LogP contribution in [0.4, 0.5) is 24.9 Å². The van der Waals surface area contributed by atoms with E-state index in [1.807, 2.05) is 4.90 Å². The molecule has 0 radical (unpaired) electrons. The summed E-state index contributed by atoms with van der Waals surface area (Å²) < 4.78 is 41.0. The molecule has 184 valence electrons. The third kappa shape index (κ3) is 4.43. The number of fused-ring (bicyclic) bond motifs is 2. The number of β-amino-alcohol motifs (C(OH)–C–C–N with tert-alkyl or cyclic N) is 1. The van der Waals surface area contributed by atoms with E-state index in [0.29, 0.717) is 19.0 Å². The zero-order chi connectivity index (χ0) is 23.9. The SMILES string of the molecule is CCCc1cc2c(N3CCn4c(nnc4C(F)(F)F)C3)nc(N3CCN(CCO)CC3)nc2s1. The van der Waals surface area contributed by atoms with E-state index >= 15 is 0 Å². The molecule has 3 aromatic heterocycles. The molecule has 0 amide bonds. The number of aryl methyl sites for hydroxylation is 1. The van der Waals surface area contributed by atoms with E-state index in [2.05, 4.69) is 33.0 Å². The number of nitrogens with zero attached hydrogens (tertiary/aromatic N) is 8. The first-order valence-electron chi connectivity index (χ1n) is 11.5. The van der Waals surface area contributed by atoms with E-state index in [9.17, 15) is 18.3 Å². The minimum absolute atomic E-state index is 0.137. The topological polar surface area (TPSA) is 86.4 Å². The number of thiophene rings is 1. The van der Waals surface area contributed by atoms with Crippen LogP contribution in [0.1, 0.15) is 29.9 Å². The summed E-state index contributed by atoms with van der Waals surface area (Å²) in [6, 6.07) is 2.11. The van der Waals surface area contributed by atoms with Crippen LogP contribution in [-0.4, -0.2) is 80.6 Å². The molecule has 5 rings (SSSR count). The number of hydrogen-bond donors (Lipinski definition) is 1. The Kier molecular flexibility index (Phi) is 6.34. The van der Waals surface area contributed by atoms with Crippen molar-refractivity contribution < 1.29 is 18.3 Å². The molecule has 0 atom stereocenters. The van der Waals surface area contributed by atoms with Crippen LogP contribution in [0.5, 0.6) is 0 Å². The number of aliphatic hydroxyl groups is 1. The molecular formula is C21H27F3N8OS. The molecule has 2 aliphatic heterocycles. The molecule has 0 aromatic carbocycles. The Morgan fingerprint density at radius 2 is 1.79 bits per heavy atom. The number of aromatic nitrogens is 5. The predicted molar refractivity (Wildman–Crippen MR) is 123 cm³/mol. The van der Waals surface area contributed by atoms with Gasteiger partial charge < -0.3 is 19.5 Å². The molecule has 0 aliphatic carbocycles. The van der Waals surface area contributed by atoms with Crippen LogP contribution in [0, 0.1) is 0 Å². The highest BCUT2D eigenvalue weighted by molar-refractivity contribution is 7.18. The second-order valence-electron chi connectivity index (χ2n) is 8.59. The summed E-state index contributed by atoms with van der Waals surface area (Å²) in [5, 5.41) is 17.4. The van der Waals surface area contributed by atoms with Gasteiger partial charge in [-0.1, -0.05) is 13.3 Å². The van der Waals surface area contributed by atoms with Crippen molar-refractivity contribution >= 4 is 33.3 Å². The summed E-state index contributed by atoms with van der Waals surface area (Å²) in [6.07, 6.45) is -2.56. The number of anilines is 2. The molecule has 1 saturated heterocycles. The number of hydrogen-bond acceptors (Lipinski definition) is 9. The van der Waals surface area contributed by atoms with Gasteiger partial charge in [0.15, 0.2) is 5.82 Å². The van der Waals surface area contributed by atoms with Crippen molar-refractivity contribution in [1.82, 2.24) is 29.6 Å². The Bertz CT molecular complexity index is 1160. The molecule has 0 spiro atoms. The van der Waals surface area contributed by atoms with E-state index in [4.69, 9.17) is 9.97 Å². The fourth-order valence-electron chi connectivity index (χ4n) is 4.56. The highest BCUT2D eigenvalue weighted by Gasteiger charge is 2.40. The Labute approximate surface area is 198 Å². The van der Waals surface area contributed by atoms with Gasteiger partial charge in [-0.3, -0.25) is 4.90 Å². The van der Waals surface area contributed by atoms with Crippen LogP contribution >= 0.6 is 11.3 Å². The van der Waals surface area contributed by atoms with Gasteiger partial charge in [-0.15, -0.1) is 21.5 Å². The molecule has 0 unspecified atom stereocenters. The molecule has 1 N–H and O–H groups in total. The van der Waals surface area contributed by atoms with Crippen LogP contribution in [0.2, 0.25) is 0 Å². The van der Waals surface area contributed by atoms with Crippen molar-refractivity contribution in [2.45, 2.75) is 39.0 Å². The Balaban J connectivity index is 1.48. The lowest BCUT2D eigenvalue weighted by Gasteiger charge is -2.35. The zero-order valence-electron chi connectivity index (χ0n) is 18.9. The first-order chi connectivity index (χ1) is 16.4. The molecule has 3 aromatic rings. The average Bonchev–Trinajstić information content (AvgIpc) is 3.42. The number of piperazine rings is 1. The highest BCUT2D eigenvalue weighted by Crippen LogP contribution is 2.36. The van der Waals surface area contributed by atoms with Gasteiger partial charge in [0.2, 0.25) is 11.8 Å². The van der Waals surface area contributed by atoms with Gasteiger partial charge in [-0.2, -0.15) is 18.2 Å². The summed E-state index contributed by atoms with van der Waals surface area (Å²) in [6.45, 7) is 6.78. The summed E-state index contributed by atoms with van der Waals surface area (Å²) in [5.41, 5.74) is 0. The molecule has 2 aliphatic rings. The van der Waals surface area contributed by atoms with Crippen LogP contribution < -0.4 is 9.80 Å². The highest BCUT2D eigenvalue weighted by atomic mass is 32.1. The summed E-state index contributed by atoms with van der Waals surface area (Å²) in [5.74, 6) is 0.712. The van der Waals surface area contributed by atoms with E-state index < -0.39 is 12.0 Å². The Morgan fingerprint density at radius 1 is 1.03 bits per heavy atom. The smallest absolute Gasteiger partial charge is 0.395 e. The van der Waals surface area contributed by atoms with Gasteiger partial charge in [0, 0.05) is 50.7 Å². The fourth-order valence-corrected chi connectivity index (χ4v) is 5.68. The largest absolute Gasteiger partial charge is 0.451 e. The molecule has 9 nitrogen and oxygen atoms in total. The summed E-state index contributed by atoms with van der Waals surface area (Å²) >= 11 is 1.65. The molecule has 0 saturated carbocycles. The lowest BCUT2D eigenvalue weighted by molar-refractivity contribution is -0.147. The maximum Gasteiger partial charge on any atom is 0.451 e. The number of rotatable bonds is 6.